The van der Waals surface area contributed by atoms with E-state index in [-0.39, 0.29) is 0 Å². The summed E-state index contributed by atoms with van der Waals surface area (Å²) in [4.78, 5) is 0. The second-order valence-corrected chi connectivity index (χ2v) is 5.61. The van der Waals surface area contributed by atoms with Crippen LogP contribution in [0.25, 0.3) is 0 Å². The summed E-state index contributed by atoms with van der Waals surface area (Å²) in [6.07, 6.45) is 1.00. The minimum atomic E-state index is 0.318. The number of rotatable bonds is 4. The molecule has 3 rings (SSSR count). The molecule has 3 nitrogen and oxygen atoms in total. The highest BCUT2D eigenvalue weighted by molar-refractivity contribution is 9.10. The van der Waals surface area contributed by atoms with Gasteiger partial charge in [-0.05, 0) is 47.9 Å². The van der Waals surface area contributed by atoms with Crippen molar-refractivity contribution in [3.63, 3.8) is 0 Å². The molecule has 2 aromatic rings. The Hall–Kier alpha value is -1.68. The van der Waals surface area contributed by atoms with Crippen LogP contribution in [0.5, 0.6) is 11.5 Å². The largest absolute Gasteiger partial charge is 0.454 e. The van der Waals surface area contributed by atoms with E-state index in [0.717, 1.165) is 28.9 Å². The first-order valence-corrected chi connectivity index (χ1v) is 7.46. The van der Waals surface area contributed by atoms with E-state index in [9.17, 15) is 0 Å². The Labute approximate surface area is 127 Å². The van der Waals surface area contributed by atoms with Crippen LogP contribution in [0.4, 0.5) is 5.69 Å². The van der Waals surface area contributed by atoms with Gasteiger partial charge in [0.2, 0.25) is 6.79 Å². The van der Waals surface area contributed by atoms with Crippen LogP contribution >= 0.6 is 15.9 Å². The van der Waals surface area contributed by atoms with Gasteiger partial charge in [0.05, 0.1) is 0 Å². The number of anilines is 1. The molecular formula is C16H16BrNO2. The fourth-order valence-corrected chi connectivity index (χ4v) is 2.68. The van der Waals surface area contributed by atoms with Crippen LogP contribution in [0, 0.1) is 0 Å². The number of nitrogens with one attached hydrogen (secondary N) is 1. The smallest absolute Gasteiger partial charge is 0.231 e. The Bertz CT molecular complexity index is 628. The van der Waals surface area contributed by atoms with Crippen LogP contribution in [0.15, 0.2) is 40.9 Å². The summed E-state index contributed by atoms with van der Waals surface area (Å²) in [6, 6.07) is 12.4. The third-order valence-electron chi connectivity index (χ3n) is 3.37. The van der Waals surface area contributed by atoms with Gasteiger partial charge in [0.15, 0.2) is 11.5 Å². The highest BCUT2D eigenvalue weighted by Crippen LogP contribution is 2.32. The lowest BCUT2D eigenvalue weighted by Gasteiger charge is -2.12. The molecule has 2 aromatic carbocycles. The average molecular weight is 334 g/mol. The molecule has 1 aliphatic heterocycles. The van der Waals surface area contributed by atoms with Crippen LogP contribution in [-0.4, -0.2) is 6.79 Å². The van der Waals surface area contributed by atoms with Gasteiger partial charge in [-0.15, -0.1) is 0 Å². The number of halogens is 1. The van der Waals surface area contributed by atoms with Crippen molar-refractivity contribution < 1.29 is 9.47 Å². The van der Waals surface area contributed by atoms with Crippen molar-refractivity contribution in [1.29, 1.82) is 0 Å². The number of fused-ring (bicyclic) bond motifs is 1. The molecule has 1 N–H and O–H groups in total. The first-order chi connectivity index (χ1) is 9.76. The standard InChI is InChI=1S/C16H16BrNO2/c1-2-12-8-13(17)4-5-14(12)18-9-11-3-6-15-16(7-11)20-10-19-15/h3-8,18H,2,9-10H2,1H3. The highest BCUT2D eigenvalue weighted by atomic mass is 79.9. The SMILES string of the molecule is CCc1cc(Br)ccc1NCc1ccc2c(c1)OCO2. The fraction of sp³-hybridized carbons (Fsp3) is 0.250. The van der Waals surface area contributed by atoms with Gasteiger partial charge in [0.25, 0.3) is 0 Å². The van der Waals surface area contributed by atoms with E-state index in [2.05, 4.69) is 52.4 Å². The molecule has 0 aromatic heterocycles. The first-order valence-electron chi connectivity index (χ1n) is 6.67. The van der Waals surface area contributed by atoms with Crippen molar-refractivity contribution in [3.05, 3.63) is 52.0 Å². The second-order valence-electron chi connectivity index (χ2n) is 4.70. The quantitative estimate of drug-likeness (QED) is 0.902. The number of hydrogen-bond acceptors (Lipinski definition) is 3. The Balaban J connectivity index is 1.73. The molecule has 0 fully saturated rings. The number of ether oxygens (including phenoxy) is 2. The summed E-state index contributed by atoms with van der Waals surface area (Å²) in [5.41, 5.74) is 3.66. The molecule has 104 valence electrons. The highest BCUT2D eigenvalue weighted by Gasteiger charge is 2.13. The van der Waals surface area contributed by atoms with Gasteiger partial charge in [0.1, 0.15) is 0 Å². The predicted molar refractivity (Wildman–Crippen MR) is 83.4 cm³/mol. The van der Waals surface area contributed by atoms with Crippen molar-refractivity contribution in [1.82, 2.24) is 0 Å². The van der Waals surface area contributed by atoms with Crippen molar-refractivity contribution in [2.45, 2.75) is 19.9 Å². The molecule has 0 saturated heterocycles. The van der Waals surface area contributed by atoms with Crippen LogP contribution in [0.2, 0.25) is 0 Å². The van der Waals surface area contributed by atoms with E-state index in [0.29, 0.717) is 6.79 Å². The number of benzene rings is 2. The Morgan fingerprint density at radius 2 is 1.95 bits per heavy atom. The molecule has 4 heteroatoms. The summed E-state index contributed by atoms with van der Waals surface area (Å²) in [7, 11) is 0. The Kier molecular flexibility index (Phi) is 3.83. The lowest BCUT2D eigenvalue weighted by atomic mass is 10.1. The molecule has 0 amide bonds. The zero-order valence-corrected chi connectivity index (χ0v) is 12.9. The van der Waals surface area contributed by atoms with E-state index >= 15 is 0 Å². The van der Waals surface area contributed by atoms with Crippen LogP contribution in [0.1, 0.15) is 18.1 Å². The molecule has 0 spiro atoms. The third kappa shape index (κ3) is 2.75. The molecule has 0 radical (unpaired) electrons. The van der Waals surface area contributed by atoms with Gasteiger partial charge in [-0.3, -0.25) is 0 Å². The lowest BCUT2D eigenvalue weighted by molar-refractivity contribution is 0.174. The summed E-state index contributed by atoms with van der Waals surface area (Å²) >= 11 is 3.51. The van der Waals surface area contributed by atoms with Crippen LogP contribution in [0.3, 0.4) is 0 Å². The Morgan fingerprint density at radius 3 is 2.80 bits per heavy atom. The molecule has 1 aliphatic rings. The molecule has 1 heterocycles. The zero-order chi connectivity index (χ0) is 13.9. The first kappa shape index (κ1) is 13.3. The number of aryl methyl sites for hydroxylation is 1. The maximum absolute atomic E-state index is 5.40. The van der Waals surface area contributed by atoms with E-state index in [1.165, 1.54) is 16.8 Å². The molecule has 0 unspecified atom stereocenters. The zero-order valence-electron chi connectivity index (χ0n) is 11.3. The monoisotopic (exact) mass is 333 g/mol. The summed E-state index contributed by atoms with van der Waals surface area (Å²) < 4.78 is 11.8. The van der Waals surface area contributed by atoms with E-state index in [4.69, 9.17) is 9.47 Å². The second kappa shape index (κ2) is 5.75. The summed E-state index contributed by atoms with van der Waals surface area (Å²) in [5.74, 6) is 1.66. The Morgan fingerprint density at radius 1 is 1.10 bits per heavy atom. The van der Waals surface area contributed by atoms with Crippen LogP contribution < -0.4 is 14.8 Å². The van der Waals surface area contributed by atoms with Gasteiger partial charge in [-0.2, -0.15) is 0 Å². The molecule has 0 atom stereocenters. The van der Waals surface area contributed by atoms with Crippen molar-refractivity contribution >= 4 is 21.6 Å². The average Bonchev–Trinajstić information content (AvgIpc) is 2.93. The molecular weight excluding hydrogens is 318 g/mol. The van der Waals surface area contributed by atoms with Crippen LogP contribution in [-0.2, 0) is 13.0 Å². The van der Waals surface area contributed by atoms with E-state index in [1.807, 2.05) is 12.1 Å². The molecule has 0 bridgehead atoms. The molecule has 0 aliphatic carbocycles. The van der Waals surface area contributed by atoms with Crippen molar-refractivity contribution in [2.24, 2.45) is 0 Å². The van der Waals surface area contributed by atoms with Gasteiger partial charge in [0, 0.05) is 16.7 Å². The van der Waals surface area contributed by atoms with Gasteiger partial charge in [-0.1, -0.05) is 28.9 Å². The van der Waals surface area contributed by atoms with Crippen molar-refractivity contribution in [3.8, 4) is 11.5 Å². The van der Waals surface area contributed by atoms with E-state index in [1.54, 1.807) is 0 Å². The lowest BCUT2D eigenvalue weighted by Crippen LogP contribution is -2.02. The van der Waals surface area contributed by atoms with Gasteiger partial charge >= 0.3 is 0 Å². The maximum atomic E-state index is 5.40. The normalized spacial score (nSPS) is 12.5. The van der Waals surface area contributed by atoms with E-state index < -0.39 is 0 Å². The number of hydrogen-bond donors (Lipinski definition) is 1. The maximum Gasteiger partial charge on any atom is 0.231 e. The van der Waals surface area contributed by atoms with Gasteiger partial charge < -0.3 is 14.8 Å². The summed E-state index contributed by atoms with van der Waals surface area (Å²) in [5, 5.41) is 3.48. The summed E-state index contributed by atoms with van der Waals surface area (Å²) in [6.45, 7) is 3.25. The minimum Gasteiger partial charge on any atom is -0.454 e. The third-order valence-corrected chi connectivity index (χ3v) is 3.86. The topological polar surface area (TPSA) is 30.5 Å². The molecule has 20 heavy (non-hydrogen) atoms. The minimum absolute atomic E-state index is 0.318. The van der Waals surface area contributed by atoms with Crippen molar-refractivity contribution in [2.75, 3.05) is 12.1 Å². The molecule has 0 saturated carbocycles. The van der Waals surface area contributed by atoms with Gasteiger partial charge in [-0.25, -0.2) is 0 Å². The fourth-order valence-electron chi connectivity index (χ4n) is 2.28. The predicted octanol–water partition coefficient (Wildman–Crippen LogP) is 4.35.